The molecule has 5 nitrogen and oxygen atoms in total. The van der Waals surface area contributed by atoms with E-state index in [2.05, 4.69) is 41.4 Å². The van der Waals surface area contributed by atoms with E-state index in [1.807, 2.05) is 31.2 Å². The lowest BCUT2D eigenvalue weighted by molar-refractivity contribution is -0.132. The molecule has 2 heterocycles. The van der Waals surface area contributed by atoms with Crippen molar-refractivity contribution < 1.29 is 9.59 Å². The van der Waals surface area contributed by atoms with E-state index in [1.54, 1.807) is 4.90 Å². The first-order chi connectivity index (χ1) is 14.0. The fourth-order valence-electron chi connectivity index (χ4n) is 4.31. The minimum absolute atomic E-state index is 0.0805. The Hall–Kier alpha value is -2.82. The van der Waals surface area contributed by atoms with Gasteiger partial charge in [0.25, 0.3) is 0 Å². The Kier molecular flexibility index (Phi) is 5.56. The molecule has 2 aromatic carbocycles. The van der Waals surface area contributed by atoms with E-state index in [-0.39, 0.29) is 11.8 Å². The van der Waals surface area contributed by atoms with Crippen molar-refractivity contribution in [1.82, 2.24) is 5.32 Å². The van der Waals surface area contributed by atoms with Gasteiger partial charge in [-0.1, -0.05) is 24.3 Å². The van der Waals surface area contributed by atoms with Gasteiger partial charge in [0.05, 0.1) is 0 Å². The normalized spacial score (nSPS) is 21.7. The monoisotopic (exact) mass is 391 g/mol. The van der Waals surface area contributed by atoms with Gasteiger partial charge in [-0.15, -0.1) is 0 Å². The third-order valence-electron chi connectivity index (χ3n) is 6.30. The topological polar surface area (TPSA) is 52.7 Å². The molecule has 0 bridgehead atoms. The maximum absolute atomic E-state index is 12.8. The molecule has 152 valence electrons. The molecule has 0 aromatic heterocycles. The zero-order chi connectivity index (χ0) is 20.4. The first-order valence-corrected chi connectivity index (χ1v) is 10.5. The minimum Gasteiger partial charge on any atom is -0.371 e. The van der Waals surface area contributed by atoms with E-state index >= 15 is 0 Å². The molecule has 0 unspecified atom stereocenters. The largest absolute Gasteiger partial charge is 0.371 e. The van der Waals surface area contributed by atoms with Crippen LogP contribution < -0.4 is 15.1 Å². The SMILES string of the molecule is Cc1ccc(N2CC[C@@H](C(=O)NC[C@@H]3CCN(c4ccccc4)C3)C2=O)cc1C. The van der Waals surface area contributed by atoms with Crippen molar-refractivity contribution in [3.63, 3.8) is 0 Å². The van der Waals surface area contributed by atoms with Gasteiger partial charge in [-0.05, 0) is 68.0 Å². The van der Waals surface area contributed by atoms with E-state index < -0.39 is 5.92 Å². The van der Waals surface area contributed by atoms with Crippen molar-refractivity contribution in [3.05, 3.63) is 59.7 Å². The van der Waals surface area contributed by atoms with Gasteiger partial charge in [-0.2, -0.15) is 0 Å². The predicted octanol–water partition coefficient (Wildman–Crippen LogP) is 3.30. The summed E-state index contributed by atoms with van der Waals surface area (Å²) in [6.07, 6.45) is 1.64. The number of carbonyl (C=O) groups is 2. The number of benzene rings is 2. The number of nitrogens with zero attached hydrogens (tertiary/aromatic N) is 2. The number of hydrogen-bond donors (Lipinski definition) is 1. The highest BCUT2D eigenvalue weighted by Crippen LogP contribution is 2.27. The lowest BCUT2D eigenvalue weighted by Gasteiger charge is -2.19. The molecular weight excluding hydrogens is 362 g/mol. The molecule has 2 saturated heterocycles. The average Bonchev–Trinajstić information content (AvgIpc) is 3.36. The predicted molar refractivity (Wildman–Crippen MR) is 116 cm³/mol. The summed E-state index contributed by atoms with van der Waals surface area (Å²) < 4.78 is 0. The van der Waals surface area contributed by atoms with Crippen LogP contribution in [0.25, 0.3) is 0 Å². The molecule has 4 rings (SSSR count). The minimum atomic E-state index is -0.566. The van der Waals surface area contributed by atoms with Crippen LogP contribution in [0.15, 0.2) is 48.5 Å². The third kappa shape index (κ3) is 4.14. The molecule has 2 aromatic rings. The molecule has 5 heteroatoms. The Labute approximate surface area is 172 Å². The zero-order valence-corrected chi connectivity index (χ0v) is 17.2. The average molecular weight is 392 g/mol. The number of rotatable bonds is 5. The second-order valence-corrected chi connectivity index (χ2v) is 8.28. The standard InChI is InChI=1S/C24H29N3O2/c1-17-8-9-21(14-18(17)2)27-13-11-22(24(27)29)23(28)25-15-19-10-12-26(16-19)20-6-4-3-5-7-20/h3-9,14,19,22H,10-13,15-16H2,1-2H3,(H,25,28)/t19-,22-/m0/s1. The summed E-state index contributed by atoms with van der Waals surface area (Å²) in [5, 5.41) is 3.05. The molecule has 29 heavy (non-hydrogen) atoms. The van der Waals surface area contributed by atoms with Crippen molar-refractivity contribution in [2.24, 2.45) is 11.8 Å². The van der Waals surface area contributed by atoms with E-state index in [9.17, 15) is 9.59 Å². The summed E-state index contributed by atoms with van der Waals surface area (Å²) >= 11 is 0. The van der Waals surface area contributed by atoms with Gasteiger partial charge in [0, 0.05) is 37.6 Å². The summed E-state index contributed by atoms with van der Waals surface area (Å²) in [6, 6.07) is 16.4. The van der Waals surface area contributed by atoms with Crippen LogP contribution in [0.1, 0.15) is 24.0 Å². The maximum Gasteiger partial charge on any atom is 0.239 e. The fourth-order valence-corrected chi connectivity index (χ4v) is 4.31. The van der Waals surface area contributed by atoms with Gasteiger partial charge >= 0.3 is 0 Å². The Morgan fingerprint density at radius 3 is 2.55 bits per heavy atom. The number of anilines is 2. The summed E-state index contributed by atoms with van der Waals surface area (Å²) in [5.41, 5.74) is 4.49. The summed E-state index contributed by atoms with van der Waals surface area (Å²) in [4.78, 5) is 29.6. The second-order valence-electron chi connectivity index (χ2n) is 8.28. The van der Waals surface area contributed by atoms with Crippen molar-refractivity contribution in [2.75, 3.05) is 36.0 Å². The summed E-state index contributed by atoms with van der Waals surface area (Å²) in [7, 11) is 0. The number of nitrogens with one attached hydrogen (secondary N) is 1. The van der Waals surface area contributed by atoms with Gasteiger partial charge < -0.3 is 15.1 Å². The van der Waals surface area contributed by atoms with Gasteiger partial charge in [0.2, 0.25) is 11.8 Å². The van der Waals surface area contributed by atoms with Crippen LogP contribution in [0.2, 0.25) is 0 Å². The molecule has 1 N–H and O–H groups in total. The molecule has 2 amide bonds. The molecule has 0 radical (unpaired) electrons. The van der Waals surface area contributed by atoms with E-state index in [4.69, 9.17) is 0 Å². The molecular formula is C24H29N3O2. The Bertz CT molecular complexity index is 896. The van der Waals surface area contributed by atoms with E-state index in [0.717, 1.165) is 30.8 Å². The molecule has 0 saturated carbocycles. The van der Waals surface area contributed by atoms with Crippen LogP contribution in [0, 0.1) is 25.7 Å². The van der Waals surface area contributed by atoms with Crippen molar-refractivity contribution >= 4 is 23.2 Å². The van der Waals surface area contributed by atoms with E-state index in [0.29, 0.717) is 25.4 Å². The zero-order valence-electron chi connectivity index (χ0n) is 17.2. The second kappa shape index (κ2) is 8.27. The lowest BCUT2D eigenvalue weighted by atomic mass is 10.1. The van der Waals surface area contributed by atoms with Crippen LogP contribution in [-0.4, -0.2) is 38.0 Å². The highest BCUT2D eigenvalue weighted by Gasteiger charge is 2.38. The number of aryl methyl sites for hydroxylation is 2. The lowest BCUT2D eigenvalue weighted by Crippen LogP contribution is -2.39. The Balaban J connectivity index is 1.30. The molecule has 2 aliphatic heterocycles. The highest BCUT2D eigenvalue weighted by atomic mass is 16.2. The number of para-hydroxylation sites is 1. The van der Waals surface area contributed by atoms with Crippen LogP contribution in [-0.2, 0) is 9.59 Å². The van der Waals surface area contributed by atoms with Gasteiger partial charge in [0.1, 0.15) is 5.92 Å². The molecule has 0 aliphatic carbocycles. The van der Waals surface area contributed by atoms with Crippen LogP contribution in [0.3, 0.4) is 0 Å². The Morgan fingerprint density at radius 1 is 1.00 bits per heavy atom. The first kappa shape index (κ1) is 19.5. The summed E-state index contributed by atoms with van der Waals surface area (Å²) in [6.45, 7) is 7.29. The van der Waals surface area contributed by atoms with Gasteiger partial charge in [-0.3, -0.25) is 9.59 Å². The maximum atomic E-state index is 12.8. The van der Waals surface area contributed by atoms with E-state index in [1.165, 1.54) is 11.3 Å². The van der Waals surface area contributed by atoms with Crippen LogP contribution in [0.4, 0.5) is 11.4 Å². The van der Waals surface area contributed by atoms with Gasteiger partial charge in [0.15, 0.2) is 0 Å². The highest BCUT2D eigenvalue weighted by molar-refractivity contribution is 6.09. The van der Waals surface area contributed by atoms with Crippen molar-refractivity contribution in [2.45, 2.75) is 26.7 Å². The van der Waals surface area contributed by atoms with Crippen LogP contribution in [0.5, 0.6) is 0 Å². The first-order valence-electron chi connectivity index (χ1n) is 10.5. The van der Waals surface area contributed by atoms with Crippen molar-refractivity contribution in [1.29, 1.82) is 0 Å². The van der Waals surface area contributed by atoms with Gasteiger partial charge in [-0.25, -0.2) is 0 Å². The van der Waals surface area contributed by atoms with Crippen molar-refractivity contribution in [3.8, 4) is 0 Å². The number of hydrogen-bond acceptors (Lipinski definition) is 3. The fraction of sp³-hybridized carbons (Fsp3) is 0.417. The Morgan fingerprint density at radius 2 is 1.79 bits per heavy atom. The smallest absolute Gasteiger partial charge is 0.239 e. The number of amides is 2. The van der Waals surface area contributed by atoms with Crippen LogP contribution >= 0.6 is 0 Å². The molecule has 2 aliphatic rings. The number of carbonyl (C=O) groups excluding carboxylic acids is 2. The summed E-state index contributed by atoms with van der Waals surface area (Å²) in [5.74, 6) is -0.350. The quantitative estimate of drug-likeness (QED) is 0.796. The molecule has 2 fully saturated rings. The molecule has 0 spiro atoms. The third-order valence-corrected chi connectivity index (χ3v) is 6.30. The molecule has 2 atom stereocenters.